The van der Waals surface area contributed by atoms with E-state index in [1.165, 1.54) is 0 Å². The molecule has 0 aromatic carbocycles. The number of aliphatic hydroxyl groups is 5. The third-order valence-electron chi connectivity index (χ3n) is 0.346. The van der Waals surface area contributed by atoms with Crippen molar-refractivity contribution < 1.29 is 25.5 Å². The van der Waals surface area contributed by atoms with Crippen LogP contribution in [0.1, 0.15) is 0 Å². The van der Waals surface area contributed by atoms with Crippen molar-refractivity contribution in [3.63, 3.8) is 0 Å². The lowest BCUT2D eigenvalue weighted by Gasteiger charge is -2.14. The van der Waals surface area contributed by atoms with Crippen LogP contribution in [0, 0.1) is 0 Å². The molecule has 0 unspecified atom stereocenters. The lowest BCUT2D eigenvalue weighted by atomic mass is 10.5. The van der Waals surface area contributed by atoms with Gasteiger partial charge in [-0.1, -0.05) is 0 Å². The summed E-state index contributed by atoms with van der Waals surface area (Å²) in [7, 11) is 0. The SMILES string of the molecule is OC(O)C(O)(O)O. The maximum Gasteiger partial charge on any atom is 0.329 e. The van der Waals surface area contributed by atoms with E-state index in [9.17, 15) is 0 Å². The van der Waals surface area contributed by atoms with E-state index in [0.29, 0.717) is 0 Å². The minimum absolute atomic E-state index is 2.53. The maximum absolute atomic E-state index is 7.71. The molecule has 0 saturated heterocycles. The molecule has 7 heavy (non-hydrogen) atoms. The number of hydrogen-bond donors (Lipinski definition) is 5. The van der Waals surface area contributed by atoms with Gasteiger partial charge < -0.3 is 25.5 Å². The molecule has 5 N–H and O–H groups in total. The quantitative estimate of drug-likeness (QED) is 0.230. The van der Waals surface area contributed by atoms with E-state index < -0.39 is 12.3 Å². The van der Waals surface area contributed by atoms with E-state index in [1.54, 1.807) is 0 Å². The molecule has 0 atom stereocenters. The van der Waals surface area contributed by atoms with Crippen LogP contribution in [0.25, 0.3) is 0 Å². The van der Waals surface area contributed by atoms with E-state index in [-0.39, 0.29) is 0 Å². The van der Waals surface area contributed by atoms with E-state index >= 15 is 0 Å². The molecule has 44 valence electrons. The maximum atomic E-state index is 7.71. The molecule has 0 aliphatic rings. The Morgan fingerprint density at radius 3 is 1.14 bits per heavy atom. The van der Waals surface area contributed by atoms with Crippen LogP contribution >= 0.6 is 0 Å². The summed E-state index contributed by atoms with van der Waals surface area (Å²) in [5.41, 5.74) is 0. The second-order valence-corrected chi connectivity index (χ2v) is 1.06. The predicted molar refractivity (Wildman–Crippen MR) is 17.6 cm³/mol. The first-order valence-electron chi connectivity index (χ1n) is 1.48. The average Bonchev–Trinajstić information content (AvgIpc) is 1.31. The van der Waals surface area contributed by atoms with Crippen molar-refractivity contribution in [1.29, 1.82) is 0 Å². The van der Waals surface area contributed by atoms with Gasteiger partial charge in [-0.15, -0.1) is 0 Å². The summed E-state index contributed by atoms with van der Waals surface area (Å²) < 4.78 is 0. The normalized spacial score (nSPS) is 12.9. The Bertz CT molecular complexity index is 51.6. The van der Waals surface area contributed by atoms with E-state index in [4.69, 9.17) is 25.5 Å². The predicted octanol–water partition coefficient (Wildman–Crippen LogP) is -3.07. The van der Waals surface area contributed by atoms with E-state index in [0.717, 1.165) is 0 Å². The molecule has 0 radical (unpaired) electrons. The van der Waals surface area contributed by atoms with Crippen LogP contribution in [0.15, 0.2) is 0 Å². The van der Waals surface area contributed by atoms with Crippen molar-refractivity contribution in [2.24, 2.45) is 0 Å². The molecule has 0 fully saturated rings. The minimum Gasteiger partial charge on any atom is -0.362 e. The Hall–Kier alpha value is -0.200. The highest BCUT2D eigenvalue weighted by Gasteiger charge is 2.27. The Balaban J connectivity index is 3.54. The Kier molecular flexibility index (Phi) is 1.68. The van der Waals surface area contributed by atoms with E-state index in [1.807, 2.05) is 0 Å². The lowest BCUT2D eigenvalue weighted by molar-refractivity contribution is -0.396. The molecule has 0 amide bonds. The van der Waals surface area contributed by atoms with Crippen molar-refractivity contribution in [2.75, 3.05) is 0 Å². The highest BCUT2D eigenvalue weighted by atomic mass is 16.7. The fourth-order valence-electron chi connectivity index (χ4n) is 0. The second kappa shape index (κ2) is 1.73. The van der Waals surface area contributed by atoms with Crippen molar-refractivity contribution in [2.45, 2.75) is 12.3 Å². The van der Waals surface area contributed by atoms with Crippen LogP contribution in [0.5, 0.6) is 0 Å². The molecular weight excluding hydrogens is 104 g/mol. The Morgan fingerprint density at radius 1 is 1.00 bits per heavy atom. The van der Waals surface area contributed by atoms with Crippen molar-refractivity contribution >= 4 is 0 Å². The molecule has 0 aliphatic heterocycles. The fraction of sp³-hybridized carbons (Fsp3) is 1.00. The fourth-order valence-corrected chi connectivity index (χ4v) is 0. The van der Waals surface area contributed by atoms with Gasteiger partial charge in [-0.3, -0.25) is 0 Å². The highest BCUT2D eigenvalue weighted by Crippen LogP contribution is 1.94. The van der Waals surface area contributed by atoms with Crippen LogP contribution in [0.3, 0.4) is 0 Å². The van der Waals surface area contributed by atoms with Gasteiger partial charge in [0, 0.05) is 0 Å². The molecule has 0 saturated carbocycles. The summed E-state index contributed by atoms with van der Waals surface area (Å²) in [5, 5.41) is 38.5. The first-order valence-corrected chi connectivity index (χ1v) is 1.48. The van der Waals surface area contributed by atoms with Crippen LogP contribution in [0.2, 0.25) is 0 Å². The van der Waals surface area contributed by atoms with Gasteiger partial charge in [0.05, 0.1) is 0 Å². The molecule has 0 aromatic heterocycles. The van der Waals surface area contributed by atoms with Crippen LogP contribution in [-0.2, 0) is 0 Å². The summed E-state index contributed by atoms with van der Waals surface area (Å²) in [6.45, 7) is 0. The van der Waals surface area contributed by atoms with Gasteiger partial charge in [0.15, 0.2) is 0 Å². The van der Waals surface area contributed by atoms with Crippen molar-refractivity contribution in [1.82, 2.24) is 0 Å². The standard InChI is InChI=1S/C2H6O5/c3-1(4)2(5,6)7/h1,3-7H. The molecule has 0 heterocycles. The number of aliphatic hydroxyl groups excluding tert-OH is 1. The number of rotatable bonds is 1. The third-order valence-corrected chi connectivity index (χ3v) is 0.346. The summed E-state index contributed by atoms with van der Waals surface area (Å²) in [6.07, 6.45) is -2.53. The Labute approximate surface area is 39.1 Å². The third kappa shape index (κ3) is 2.49. The summed E-state index contributed by atoms with van der Waals surface area (Å²) in [5.74, 6) is -3.39. The first kappa shape index (κ1) is 6.80. The summed E-state index contributed by atoms with van der Waals surface area (Å²) >= 11 is 0. The molecule has 0 rings (SSSR count). The molecule has 0 spiro atoms. The van der Waals surface area contributed by atoms with Crippen molar-refractivity contribution in [3.8, 4) is 0 Å². The van der Waals surface area contributed by atoms with Crippen LogP contribution < -0.4 is 0 Å². The van der Waals surface area contributed by atoms with Gasteiger partial charge in [0.1, 0.15) is 0 Å². The number of hydrogen-bond acceptors (Lipinski definition) is 5. The molecule has 5 heteroatoms. The summed E-state index contributed by atoms with van der Waals surface area (Å²) in [6, 6.07) is 0. The van der Waals surface area contributed by atoms with Gasteiger partial charge >= 0.3 is 5.97 Å². The largest absolute Gasteiger partial charge is 0.362 e. The zero-order valence-electron chi connectivity index (χ0n) is 3.31. The molecular formula is C2H6O5. The van der Waals surface area contributed by atoms with Crippen molar-refractivity contribution in [3.05, 3.63) is 0 Å². The van der Waals surface area contributed by atoms with E-state index in [2.05, 4.69) is 0 Å². The zero-order valence-corrected chi connectivity index (χ0v) is 3.31. The molecule has 0 aromatic rings. The van der Waals surface area contributed by atoms with Gasteiger partial charge in [-0.05, 0) is 0 Å². The molecule has 5 nitrogen and oxygen atoms in total. The van der Waals surface area contributed by atoms with Crippen LogP contribution in [0.4, 0.5) is 0 Å². The van der Waals surface area contributed by atoms with Gasteiger partial charge in [-0.2, -0.15) is 0 Å². The highest BCUT2D eigenvalue weighted by molar-refractivity contribution is 4.43. The molecule has 0 aliphatic carbocycles. The molecule has 0 bridgehead atoms. The second-order valence-electron chi connectivity index (χ2n) is 1.06. The van der Waals surface area contributed by atoms with Gasteiger partial charge in [0.25, 0.3) is 0 Å². The smallest absolute Gasteiger partial charge is 0.329 e. The Morgan fingerprint density at radius 2 is 1.14 bits per heavy atom. The first-order chi connectivity index (χ1) is 2.94. The minimum atomic E-state index is -3.39. The van der Waals surface area contributed by atoms with Crippen LogP contribution in [-0.4, -0.2) is 37.8 Å². The van der Waals surface area contributed by atoms with Gasteiger partial charge in [-0.25, -0.2) is 0 Å². The topological polar surface area (TPSA) is 101 Å². The monoisotopic (exact) mass is 110 g/mol. The lowest BCUT2D eigenvalue weighted by Crippen LogP contribution is -2.41. The zero-order chi connectivity index (χ0) is 6.08. The summed E-state index contributed by atoms with van der Waals surface area (Å²) in [4.78, 5) is 0. The van der Waals surface area contributed by atoms with Gasteiger partial charge in [0.2, 0.25) is 6.29 Å². The average molecular weight is 110 g/mol.